The van der Waals surface area contributed by atoms with Crippen LogP contribution in [-0.2, 0) is 0 Å². The van der Waals surface area contributed by atoms with E-state index in [9.17, 15) is 5.11 Å². The fraction of sp³-hybridized carbons (Fsp3) is 0.500. The Kier molecular flexibility index (Phi) is 4.12. The van der Waals surface area contributed by atoms with Crippen molar-refractivity contribution in [3.8, 4) is 0 Å². The number of rotatable bonds is 4. The number of nitrogens with zero attached hydrogens (tertiary/aromatic N) is 1. The van der Waals surface area contributed by atoms with Crippen LogP contribution in [0.15, 0.2) is 24.3 Å². The van der Waals surface area contributed by atoms with Gasteiger partial charge in [-0.1, -0.05) is 12.1 Å². The lowest BCUT2D eigenvalue weighted by molar-refractivity contribution is 0.199. The highest BCUT2D eigenvalue weighted by atomic mass is 16.3. The van der Waals surface area contributed by atoms with Crippen molar-refractivity contribution >= 4 is 5.69 Å². The molecule has 0 saturated carbocycles. The van der Waals surface area contributed by atoms with Crippen molar-refractivity contribution in [2.24, 2.45) is 0 Å². The fourth-order valence-electron chi connectivity index (χ4n) is 1.36. The van der Waals surface area contributed by atoms with Gasteiger partial charge in [-0.25, -0.2) is 0 Å². The highest BCUT2D eigenvalue weighted by molar-refractivity contribution is 5.47. The summed E-state index contributed by atoms with van der Waals surface area (Å²) in [6, 6.07) is 7.81. The van der Waals surface area contributed by atoms with Crippen molar-refractivity contribution in [1.82, 2.24) is 0 Å². The first-order valence-corrected chi connectivity index (χ1v) is 5.18. The topological polar surface area (TPSA) is 43.7 Å². The van der Waals surface area contributed by atoms with E-state index in [2.05, 4.69) is 0 Å². The average molecular weight is 209 g/mol. The number of likely N-dealkylation sites (N-methyl/N-ethyl adjacent to an activating group) is 1. The lowest BCUT2D eigenvalue weighted by atomic mass is 10.1. The SMILES string of the molecule is CC(O)c1ccc(N(C)C(C)CO)cc1. The lowest BCUT2D eigenvalue weighted by Gasteiger charge is -2.25. The summed E-state index contributed by atoms with van der Waals surface area (Å²) in [6.07, 6.45) is -0.431. The summed E-state index contributed by atoms with van der Waals surface area (Å²) >= 11 is 0. The number of hydrogen-bond donors (Lipinski definition) is 2. The maximum Gasteiger partial charge on any atom is 0.0761 e. The van der Waals surface area contributed by atoms with Crippen LogP contribution in [0.25, 0.3) is 0 Å². The monoisotopic (exact) mass is 209 g/mol. The van der Waals surface area contributed by atoms with Crippen LogP contribution in [0.5, 0.6) is 0 Å². The predicted octanol–water partition coefficient (Wildman–Crippen LogP) is 1.56. The van der Waals surface area contributed by atoms with Crippen LogP contribution in [-0.4, -0.2) is 29.9 Å². The van der Waals surface area contributed by atoms with E-state index in [0.29, 0.717) is 0 Å². The number of anilines is 1. The molecule has 0 spiro atoms. The number of aliphatic hydroxyl groups excluding tert-OH is 2. The Labute approximate surface area is 91.0 Å². The smallest absolute Gasteiger partial charge is 0.0761 e. The van der Waals surface area contributed by atoms with Crippen molar-refractivity contribution in [2.45, 2.75) is 26.0 Å². The van der Waals surface area contributed by atoms with Gasteiger partial charge in [0.05, 0.1) is 12.7 Å². The molecular weight excluding hydrogens is 190 g/mol. The second kappa shape index (κ2) is 5.14. The zero-order valence-corrected chi connectivity index (χ0v) is 9.51. The summed E-state index contributed by atoms with van der Waals surface area (Å²) in [7, 11) is 1.94. The van der Waals surface area contributed by atoms with Crippen LogP contribution in [0, 0.1) is 0 Å². The number of benzene rings is 1. The molecule has 1 aromatic rings. The summed E-state index contributed by atoms with van der Waals surface area (Å²) in [6.45, 7) is 3.84. The molecular formula is C12H19NO2. The van der Waals surface area contributed by atoms with Gasteiger partial charge in [0, 0.05) is 18.8 Å². The third-order valence-electron chi connectivity index (χ3n) is 2.71. The molecule has 84 valence electrons. The minimum absolute atomic E-state index is 0.0994. The van der Waals surface area contributed by atoms with E-state index in [1.165, 1.54) is 0 Å². The molecule has 15 heavy (non-hydrogen) atoms. The van der Waals surface area contributed by atoms with Crippen LogP contribution < -0.4 is 4.90 Å². The standard InChI is InChI=1S/C12H19NO2/c1-9(8-14)13(3)12-6-4-11(5-7-12)10(2)15/h4-7,9-10,14-15H,8H2,1-3H3. The van der Waals surface area contributed by atoms with Gasteiger partial charge >= 0.3 is 0 Å². The number of aliphatic hydroxyl groups is 2. The zero-order valence-electron chi connectivity index (χ0n) is 9.51. The molecule has 3 heteroatoms. The van der Waals surface area contributed by atoms with Crippen LogP contribution in [0.1, 0.15) is 25.5 Å². The van der Waals surface area contributed by atoms with Gasteiger partial charge in [-0.3, -0.25) is 0 Å². The quantitative estimate of drug-likeness (QED) is 0.791. The van der Waals surface area contributed by atoms with E-state index in [4.69, 9.17) is 5.11 Å². The highest BCUT2D eigenvalue weighted by Gasteiger charge is 2.08. The Morgan fingerprint density at radius 3 is 2.13 bits per heavy atom. The van der Waals surface area contributed by atoms with Crippen molar-refractivity contribution < 1.29 is 10.2 Å². The van der Waals surface area contributed by atoms with E-state index in [0.717, 1.165) is 11.3 Å². The predicted molar refractivity (Wildman–Crippen MR) is 62.0 cm³/mol. The molecule has 2 N–H and O–H groups in total. The Balaban J connectivity index is 2.79. The van der Waals surface area contributed by atoms with Crippen molar-refractivity contribution in [3.63, 3.8) is 0 Å². The first-order valence-electron chi connectivity index (χ1n) is 5.18. The fourth-order valence-corrected chi connectivity index (χ4v) is 1.36. The summed E-state index contributed by atoms with van der Waals surface area (Å²) in [5.41, 5.74) is 1.95. The van der Waals surface area contributed by atoms with Gasteiger partial charge in [-0.2, -0.15) is 0 Å². The first kappa shape index (κ1) is 12.0. The lowest BCUT2D eigenvalue weighted by Crippen LogP contribution is -2.31. The van der Waals surface area contributed by atoms with Crippen molar-refractivity contribution in [3.05, 3.63) is 29.8 Å². The summed E-state index contributed by atoms with van der Waals surface area (Å²) < 4.78 is 0. The Morgan fingerprint density at radius 1 is 1.20 bits per heavy atom. The molecule has 0 amide bonds. The third-order valence-corrected chi connectivity index (χ3v) is 2.71. The molecule has 0 heterocycles. The van der Waals surface area contributed by atoms with Gasteiger partial charge < -0.3 is 15.1 Å². The third kappa shape index (κ3) is 2.94. The van der Waals surface area contributed by atoms with Crippen LogP contribution in [0.2, 0.25) is 0 Å². The highest BCUT2D eigenvalue weighted by Crippen LogP contribution is 2.19. The van der Waals surface area contributed by atoms with Crippen LogP contribution in [0.4, 0.5) is 5.69 Å². The van der Waals surface area contributed by atoms with E-state index in [-0.39, 0.29) is 12.6 Å². The second-order valence-corrected chi connectivity index (χ2v) is 3.91. The molecule has 2 atom stereocenters. The molecule has 0 aromatic heterocycles. The van der Waals surface area contributed by atoms with E-state index in [1.54, 1.807) is 6.92 Å². The molecule has 0 bridgehead atoms. The van der Waals surface area contributed by atoms with Gasteiger partial charge in [0.15, 0.2) is 0 Å². The van der Waals surface area contributed by atoms with Gasteiger partial charge in [-0.05, 0) is 31.5 Å². The van der Waals surface area contributed by atoms with Crippen molar-refractivity contribution in [1.29, 1.82) is 0 Å². The summed E-state index contributed by atoms with van der Waals surface area (Å²) in [4.78, 5) is 2.01. The molecule has 3 nitrogen and oxygen atoms in total. The summed E-state index contributed by atoms with van der Waals surface area (Å²) in [5, 5.41) is 18.4. The molecule has 1 aromatic carbocycles. The Bertz CT molecular complexity index is 295. The minimum atomic E-state index is -0.431. The van der Waals surface area contributed by atoms with Crippen LogP contribution >= 0.6 is 0 Å². The van der Waals surface area contributed by atoms with Gasteiger partial charge in [-0.15, -0.1) is 0 Å². The van der Waals surface area contributed by atoms with Crippen LogP contribution in [0.3, 0.4) is 0 Å². The molecule has 0 aliphatic rings. The van der Waals surface area contributed by atoms with E-state index >= 15 is 0 Å². The average Bonchev–Trinajstić information content (AvgIpc) is 2.27. The Morgan fingerprint density at radius 2 is 1.73 bits per heavy atom. The van der Waals surface area contributed by atoms with E-state index in [1.807, 2.05) is 43.1 Å². The maximum absolute atomic E-state index is 9.35. The minimum Gasteiger partial charge on any atom is -0.394 e. The molecule has 0 radical (unpaired) electrons. The second-order valence-electron chi connectivity index (χ2n) is 3.91. The number of hydrogen-bond acceptors (Lipinski definition) is 3. The molecule has 0 saturated heterocycles. The van der Waals surface area contributed by atoms with E-state index < -0.39 is 6.10 Å². The molecule has 2 unspecified atom stereocenters. The normalized spacial score (nSPS) is 14.7. The molecule has 0 aliphatic carbocycles. The zero-order chi connectivity index (χ0) is 11.4. The summed E-state index contributed by atoms with van der Waals surface area (Å²) in [5.74, 6) is 0. The molecule has 0 aliphatic heterocycles. The van der Waals surface area contributed by atoms with Gasteiger partial charge in [0.1, 0.15) is 0 Å². The van der Waals surface area contributed by atoms with Gasteiger partial charge in [0.25, 0.3) is 0 Å². The van der Waals surface area contributed by atoms with Gasteiger partial charge in [0.2, 0.25) is 0 Å². The molecule has 0 fully saturated rings. The maximum atomic E-state index is 9.35. The largest absolute Gasteiger partial charge is 0.394 e. The first-order chi connectivity index (χ1) is 7.06. The van der Waals surface area contributed by atoms with Crippen molar-refractivity contribution in [2.75, 3.05) is 18.6 Å². The Hall–Kier alpha value is -1.06. The molecule has 1 rings (SSSR count).